The molecule has 0 aliphatic rings. The fourth-order valence-electron chi connectivity index (χ4n) is 3.50. The van der Waals surface area contributed by atoms with Gasteiger partial charge in [-0.3, -0.25) is 9.78 Å². The van der Waals surface area contributed by atoms with Crippen molar-refractivity contribution < 1.29 is 9.26 Å². The highest BCUT2D eigenvalue weighted by molar-refractivity contribution is 5.79. The summed E-state index contributed by atoms with van der Waals surface area (Å²) in [5.41, 5.74) is 3.68. The van der Waals surface area contributed by atoms with Gasteiger partial charge < -0.3 is 9.26 Å². The van der Waals surface area contributed by atoms with Gasteiger partial charge in [-0.2, -0.15) is 4.74 Å². The summed E-state index contributed by atoms with van der Waals surface area (Å²) in [6.45, 7) is 0.368. The van der Waals surface area contributed by atoms with Crippen LogP contribution in [0.15, 0.2) is 94.5 Å². The summed E-state index contributed by atoms with van der Waals surface area (Å²) in [6.07, 6.45) is 3.31. The third-order valence-electron chi connectivity index (χ3n) is 5.08. The largest absolute Gasteiger partial charge is 0.487 e. The van der Waals surface area contributed by atoms with Crippen molar-refractivity contribution in [1.29, 1.82) is 0 Å². The Morgan fingerprint density at radius 2 is 1.68 bits per heavy atom. The molecule has 0 spiro atoms. The van der Waals surface area contributed by atoms with Crippen LogP contribution in [0, 0.1) is 0 Å². The van der Waals surface area contributed by atoms with E-state index in [1.807, 2.05) is 60.7 Å². The van der Waals surface area contributed by atoms with Gasteiger partial charge >= 0.3 is 0 Å². The smallest absolute Gasteiger partial charge is 0.290 e. The molecular weight excluding hydrogens is 390 g/mol. The average Bonchev–Trinajstić information content (AvgIpc) is 3.12. The van der Waals surface area contributed by atoms with E-state index in [4.69, 9.17) is 9.26 Å². The average molecular weight is 409 g/mol. The minimum atomic E-state index is -0.191. The Kier molecular flexibility index (Phi) is 4.80. The van der Waals surface area contributed by atoms with Gasteiger partial charge in [-0.25, -0.2) is 4.98 Å². The Balaban J connectivity index is 1.38. The second-order valence-corrected chi connectivity index (χ2v) is 7.14. The predicted molar refractivity (Wildman–Crippen MR) is 119 cm³/mol. The molecular formula is C25H19N3O3. The molecule has 152 valence electrons. The van der Waals surface area contributed by atoms with Gasteiger partial charge in [-0.15, -0.1) is 0 Å². The highest BCUT2D eigenvalue weighted by Gasteiger charge is 2.19. The zero-order valence-electron chi connectivity index (χ0n) is 16.9. The maximum absolute atomic E-state index is 12.6. The molecule has 0 saturated carbocycles. The molecule has 0 bridgehead atoms. The lowest BCUT2D eigenvalue weighted by atomic mass is 10.0. The molecule has 0 unspecified atom stereocenters. The molecule has 0 atom stereocenters. The number of hydrogen-bond acceptors (Lipinski definition) is 5. The van der Waals surface area contributed by atoms with Gasteiger partial charge in [0.15, 0.2) is 5.76 Å². The van der Waals surface area contributed by atoms with Crippen molar-refractivity contribution in [1.82, 2.24) is 14.7 Å². The number of aryl methyl sites for hydroxylation is 1. The van der Waals surface area contributed by atoms with E-state index in [2.05, 4.69) is 9.97 Å². The maximum Gasteiger partial charge on any atom is 0.290 e. The van der Waals surface area contributed by atoms with Gasteiger partial charge in [-0.05, 0) is 54.1 Å². The SMILES string of the molecule is Cn1oc(-c2ccc(OCc3ccc4ccccc4n3)cc2)c(-c2ccncc2)c1=O. The van der Waals surface area contributed by atoms with E-state index in [-0.39, 0.29) is 5.56 Å². The van der Waals surface area contributed by atoms with E-state index >= 15 is 0 Å². The topological polar surface area (TPSA) is 70.2 Å². The number of hydrogen-bond donors (Lipinski definition) is 0. The van der Waals surface area contributed by atoms with Crippen LogP contribution in [0.2, 0.25) is 0 Å². The van der Waals surface area contributed by atoms with Gasteiger partial charge in [0, 0.05) is 30.4 Å². The van der Waals surface area contributed by atoms with Crippen molar-refractivity contribution in [2.24, 2.45) is 7.05 Å². The van der Waals surface area contributed by atoms with Gasteiger partial charge in [0.25, 0.3) is 5.56 Å². The van der Waals surface area contributed by atoms with Crippen LogP contribution >= 0.6 is 0 Å². The third kappa shape index (κ3) is 3.71. The van der Waals surface area contributed by atoms with Gasteiger partial charge in [-0.1, -0.05) is 24.3 Å². The summed E-state index contributed by atoms with van der Waals surface area (Å²) < 4.78 is 12.9. The van der Waals surface area contributed by atoms with E-state index in [1.165, 1.54) is 4.74 Å². The Morgan fingerprint density at radius 3 is 2.48 bits per heavy atom. The van der Waals surface area contributed by atoms with Crippen LogP contribution < -0.4 is 10.3 Å². The highest BCUT2D eigenvalue weighted by atomic mass is 16.5. The second kappa shape index (κ2) is 7.91. The van der Waals surface area contributed by atoms with Gasteiger partial charge in [0.2, 0.25) is 0 Å². The first kappa shape index (κ1) is 18.8. The minimum absolute atomic E-state index is 0.191. The molecule has 31 heavy (non-hydrogen) atoms. The van der Waals surface area contributed by atoms with Crippen LogP contribution in [-0.2, 0) is 13.7 Å². The number of pyridine rings is 2. The fourth-order valence-corrected chi connectivity index (χ4v) is 3.50. The van der Waals surface area contributed by atoms with Crippen LogP contribution in [0.5, 0.6) is 5.75 Å². The van der Waals surface area contributed by atoms with E-state index in [1.54, 1.807) is 31.6 Å². The third-order valence-corrected chi connectivity index (χ3v) is 5.08. The predicted octanol–water partition coefficient (Wildman–Crippen LogP) is 4.83. The fraction of sp³-hybridized carbons (Fsp3) is 0.0800. The molecule has 0 saturated heterocycles. The second-order valence-electron chi connectivity index (χ2n) is 7.14. The number of fused-ring (bicyclic) bond motifs is 1. The van der Waals surface area contributed by atoms with Crippen molar-refractivity contribution in [3.05, 3.63) is 101 Å². The summed E-state index contributed by atoms with van der Waals surface area (Å²) in [7, 11) is 1.60. The molecule has 3 heterocycles. The summed E-state index contributed by atoms with van der Waals surface area (Å²) in [6, 6.07) is 23.1. The van der Waals surface area contributed by atoms with E-state index < -0.39 is 0 Å². The standard InChI is InChI=1S/C25H19N3O3/c1-28-25(29)23(18-12-14-26-15-13-18)24(31-28)19-7-10-21(11-8-19)30-16-20-9-6-17-4-2-3-5-22(17)27-20/h2-15H,16H2,1H3. The van der Waals surface area contributed by atoms with Gasteiger partial charge in [0.1, 0.15) is 12.4 Å². The zero-order valence-corrected chi connectivity index (χ0v) is 16.9. The van der Waals surface area contributed by atoms with Crippen molar-refractivity contribution in [2.45, 2.75) is 6.61 Å². The number of para-hydroxylation sites is 1. The molecule has 6 heteroatoms. The first-order valence-corrected chi connectivity index (χ1v) is 9.88. The summed E-state index contributed by atoms with van der Waals surface area (Å²) >= 11 is 0. The Hall–Kier alpha value is -4.19. The molecule has 0 amide bonds. The molecule has 0 aliphatic heterocycles. The lowest BCUT2D eigenvalue weighted by Crippen LogP contribution is -2.11. The number of rotatable bonds is 5. The molecule has 0 aliphatic carbocycles. The Morgan fingerprint density at radius 1 is 0.903 bits per heavy atom. The molecule has 6 nitrogen and oxygen atoms in total. The normalized spacial score (nSPS) is 11.0. The van der Waals surface area contributed by atoms with E-state index in [9.17, 15) is 4.79 Å². The lowest BCUT2D eigenvalue weighted by Gasteiger charge is -2.08. The van der Waals surface area contributed by atoms with E-state index in [0.717, 1.165) is 27.7 Å². The molecule has 2 aromatic carbocycles. The molecule has 5 rings (SSSR count). The first-order valence-electron chi connectivity index (χ1n) is 9.88. The number of benzene rings is 2. The number of nitrogens with zero attached hydrogens (tertiary/aromatic N) is 3. The molecule has 0 fully saturated rings. The van der Waals surface area contributed by atoms with Crippen LogP contribution in [0.3, 0.4) is 0 Å². The van der Waals surface area contributed by atoms with Gasteiger partial charge in [0.05, 0.1) is 16.8 Å². The minimum Gasteiger partial charge on any atom is -0.487 e. The van der Waals surface area contributed by atoms with Crippen LogP contribution in [0.1, 0.15) is 5.69 Å². The van der Waals surface area contributed by atoms with Crippen molar-refractivity contribution >= 4 is 10.9 Å². The van der Waals surface area contributed by atoms with E-state index in [0.29, 0.717) is 23.7 Å². The van der Waals surface area contributed by atoms with Crippen molar-refractivity contribution in [3.8, 4) is 28.2 Å². The van der Waals surface area contributed by atoms with Crippen LogP contribution in [-0.4, -0.2) is 14.7 Å². The molecule has 0 radical (unpaired) electrons. The Labute approximate surface area is 178 Å². The first-order chi connectivity index (χ1) is 15.2. The monoisotopic (exact) mass is 409 g/mol. The number of ether oxygens (including phenoxy) is 1. The quantitative estimate of drug-likeness (QED) is 0.416. The maximum atomic E-state index is 12.6. The Bertz CT molecular complexity index is 1400. The van der Waals surface area contributed by atoms with Crippen molar-refractivity contribution in [2.75, 3.05) is 0 Å². The highest BCUT2D eigenvalue weighted by Crippen LogP contribution is 2.31. The summed E-state index contributed by atoms with van der Waals surface area (Å²) in [4.78, 5) is 21.3. The molecule has 5 aromatic rings. The van der Waals surface area contributed by atoms with Crippen LogP contribution in [0.25, 0.3) is 33.4 Å². The van der Waals surface area contributed by atoms with Crippen molar-refractivity contribution in [3.63, 3.8) is 0 Å². The summed E-state index contributed by atoms with van der Waals surface area (Å²) in [5.74, 6) is 1.23. The molecule has 3 aromatic heterocycles. The van der Waals surface area contributed by atoms with Crippen LogP contribution in [0.4, 0.5) is 0 Å². The zero-order chi connectivity index (χ0) is 21.2. The number of aromatic nitrogens is 3. The molecule has 0 N–H and O–H groups in total. The summed E-state index contributed by atoms with van der Waals surface area (Å²) in [5, 5.41) is 1.10. The lowest BCUT2D eigenvalue weighted by molar-refractivity contribution is 0.301.